The fraction of sp³-hybridized carbons (Fsp3) is 0.250. The monoisotopic (exact) mass is 381 g/mol. The van der Waals surface area contributed by atoms with Crippen molar-refractivity contribution in [3.63, 3.8) is 0 Å². The summed E-state index contributed by atoms with van der Waals surface area (Å²) in [5, 5.41) is 5.76. The first-order chi connectivity index (χ1) is 12.6. The molecule has 2 aromatic heterocycles. The Morgan fingerprint density at radius 2 is 1.81 bits per heavy atom. The van der Waals surface area contributed by atoms with Gasteiger partial charge in [0.05, 0.1) is 4.88 Å². The number of hydrogen-bond acceptors (Lipinski definition) is 5. The van der Waals surface area contributed by atoms with E-state index in [4.69, 9.17) is 0 Å². The van der Waals surface area contributed by atoms with Crippen LogP contribution in [-0.4, -0.2) is 15.9 Å². The number of anilines is 1. The molecule has 1 saturated carbocycles. The Kier molecular flexibility index (Phi) is 4.78. The molecule has 1 aliphatic rings. The van der Waals surface area contributed by atoms with Crippen LogP contribution in [0.3, 0.4) is 0 Å². The highest BCUT2D eigenvalue weighted by Crippen LogP contribution is 2.43. The van der Waals surface area contributed by atoms with Crippen molar-refractivity contribution in [3.05, 3.63) is 63.6 Å². The van der Waals surface area contributed by atoms with Crippen LogP contribution in [0.5, 0.6) is 0 Å². The molecule has 132 valence electrons. The van der Waals surface area contributed by atoms with E-state index in [0.29, 0.717) is 5.92 Å². The van der Waals surface area contributed by atoms with E-state index in [1.807, 2.05) is 49.6 Å². The van der Waals surface area contributed by atoms with Crippen molar-refractivity contribution in [3.8, 4) is 0 Å². The second-order valence-electron chi connectivity index (χ2n) is 6.49. The first-order valence-electron chi connectivity index (χ1n) is 8.57. The molecular formula is C20H19N3OS2. The van der Waals surface area contributed by atoms with Crippen LogP contribution in [0.1, 0.15) is 45.4 Å². The second-order valence-corrected chi connectivity index (χ2v) is 8.45. The van der Waals surface area contributed by atoms with Crippen LogP contribution in [-0.2, 0) is 0 Å². The van der Waals surface area contributed by atoms with Crippen molar-refractivity contribution in [1.29, 1.82) is 0 Å². The number of nitrogens with zero attached hydrogens (tertiary/aromatic N) is 2. The summed E-state index contributed by atoms with van der Waals surface area (Å²) in [6, 6.07) is 11.9. The Balaban J connectivity index is 1.44. The smallest absolute Gasteiger partial charge is 0.266 e. The van der Waals surface area contributed by atoms with Crippen LogP contribution < -0.4 is 5.32 Å². The first kappa shape index (κ1) is 17.2. The van der Waals surface area contributed by atoms with E-state index in [1.54, 1.807) is 0 Å². The van der Waals surface area contributed by atoms with E-state index in [2.05, 4.69) is 21.4 Å². The minimum Gasteiger partial charge on any atom is -0.321 e. The van der Waals surface area contributed by atoms with Gasteiger partial charge in [0.2, 0.25) is 0 Å². The Morgan fingerprint density at radius 3 is 2.46 bits per heavy atom. The standard InChI is InChI=1S/C20H19N3OS2/c1-12-11-13(2)22-20(21-12)26-16-7-5-15(6-8-16)23-19(24)18-17(9-10-25-18)14-3-4-14/h5-11,14H,3-4H2,1-2H3,(H,23,24). The summed E-state index contributed by atoms with van der Waals surface area (Å²) < 4.78 is 0. The molecule has 0 bridgehead atoms. The second kappa shape index (κ2) is 7.21. The zero-order valence-electron chi connectivity index (χ0n) is 14.7. The van der Waals surface area contributed by atoms with Gasteiger partial charge in [0, 0.05) is 22.0 Å². The molecule has 0 radical (unpaired) electrons. The maximum absolute atomic E-state index is 12.6. The number of benzene rings is 1. The minimum absolute atomic E-state index is 0.0139. The zero-order chi connectivity index (χ0) is 18.1. The quantitative estimate of drug-likeness (QED) is 0.598. The average molecular weight is 382 g/mol. The van der Waals surface area contributed by atoms with Gasteiger partial charge in [-0.3, -0.25) is 4.79 Å². The van der Waals surface area contributed by atoms with Gasteiger partial charge in [0.15, 0.2) is 5.16 Å². The molecule has 0 unspecified atom stereocenters. The number of rotatable bonds is 5. The fourth-order valence-electron chi connectivity index (χ4n) is 2.86. The van der Waals surface area contributed by atoms with E-state index in [-0.39, 0.29) is 5.91 Å². The van der Waals surface area contributed by atoms with Crippen molar-refractivity contribution in [1.82, 2.24) is 9.97 Å². The van der Waals surface area contributed by atoms with E-state index < -0.39 is 0 Å². The van der Waals surface area contributed by atoms with Gasteiger partial charge in [-0.25, -0.2) is 9.97 Å². The molecule has 1 amide bonds. The zero-order valence-corrected chi connectivity index (χ0v) is 16.3. The maximum Gasteiger partial charge on any atom is 0.266 e. The summed E-state index contributed by atoms with van der Waals surface area (Å²) in [4.78, 5) is 23.3. The molecular weight excluding hydrogens is 362 g/mol. The van der Waals surface area contributed by atoms with Gasteiger partial charge in [0.25, 0.3) is 5.91 Å². The first-order valence-corrected chi connectivity index (χ1v) is 10.3. The maximum atomic E-state index is 12.6. The lowest BCUT2D eigenvalue weighted by Gasteiger charge is -2.07. The normalized spacial score (nSPS) is 13.6. The van der Waals surface area contributed by atoms with Crippen LogP contribution in [0.4, 0.5) is 5.69 Å². The molecule has 1 N–H and O–H groups in total. The molecule has 2 heterocycles. The van der Waals surface area contributed by atoms with E-state index in [9.17, 15) is 4.79 Å². The number of carbonyl (C=O) groups is 1. The van der Waals surface area contributed by atoms with Gasteiger partial charge >= 0.3 is 0 Å². The fourth-order valence-corrected chi connectivity index (χ4v) is 4.60. The van der Waals surface area contributed by atoms with Gasteiger partial charge in [-0.1, -0.05) is 0 Å². The Bertz CT molecular complexity index is 926. The van der Waals surface area contributed by atoms with Crippen molar-refractivity contribution in [2.75, 3.05) is 5.32 Å². The summed E-state index contributed by atoms with van der Waals surface area (Å²) in [6.07, 6.45) is 2.40. The highest BCUT2D eigenvalue weighted by molar-refractivity contribution is 7.99. The third-order valence-corrected chi connectivity index (χ3v) is 6.00. The molecule has 0 aliphatic heterocycles. The topological polar surface area (TPSA) is 54.9 Å². The van der Waals surface area contributed by atoms with Crippen molar-refractivity contribution < 1.29 is 4.79 Å². The number of nitrogens with one attached hydrogen (secondary N) is 1. The van der Waals surface area contributed by atoms with E-state index in [0.717, 1.165) is 32.0 Å². The molecule has 4 rings (SSSR count). The molecule has 0 spiro atoms. The van der Waals surface area contributed by atoms with Gasteiger partial charge in [0.1, 0.15) is 0 Å². The lowest BCUT2D eigenvalue weighted by molar-refractivity contribution is 0.102. The highest BCUT2D eigenvalue weighted by Gasteiger charge is 2.28. The summed E-state index contributed by atoms with van der Waals surface area (Å²) in [5.74, 6) is 0.568. The molecule has 4 nitrogen and oxygen atoms in total. The van der Waals surface area contributed by atoms with Crippen molar-refractivity contribution >= 4 is 34.7 Å². The molecule has 26 heavy (non-hydrogen) atoms. The SMILES string of the molecule is Cc1cc(C)nc(Sc2ccc(NC(=O)c3sccc3C3CC3)cc2)n1. The number of thiophene rings is 1. The molecule has 0 saturated heterocycles. The molecule has 1 aliphatic carbocycles. The molecule has 6 heteroatoms. The number of carbonyl (C=O) groups excluding carboxylic acids is 1. The van der Waals surface area contributed by atoms with Gasteiger partial charge in [-0.15, -0.1) is 11.3 Å². The Morgan fingerprint density at radius 1 is 1.12 bits per heavy atom. The molecule has 0 atom stereocenters. The lowest BCUT2D eigenvalue weighted by Crippen LogP contribution is -2.11. The molecule has 1 fully saturated rings. The van der Waals surface area contributed by atoms with Gasteiger partial charge in [-0.2, -0.15) is 0 Å². The third-order valence-electron chi connectivity index (χ3n) is 4.20. The predicted octanol–water partition coefficient (Wildman–Crippen LogP) is 5.44. The van der Waals surface area contributed by atoms with Crippen LogP contribution in [0.15, 0.2) is 51.8 Å². The molecule has 3 aromatic rings. The number of hydrogen-bond donors (Lipinski definition) is 1. The predicted molar refractivity (Wildman–Crippen MR) is 106 cm³/mol. The summed E-state index contributed by atoms with van der Waals surface area (Å²) in [5.41, 5.74) is 3.93. The van der Waals surface area contributed by atoms with Gasteiger partial charge < -0.3 is 5.32 Å². The van der Waals surface area contributed by atoms with Crippen LogP contribution in [0.2, 0.25) is 0 Å². The van der Waals surface area contributed by atoms with Crippen LogP contribution in [0.25, 0.3) is 0 Å². The highest BCUT2D eigenvalue weighted by atomic mass is 32.2. The van der Waals surface area contributed by atoms with E-state index in [1.165, 1.54) is 41.5 Å². The number of aryl methyl sites for hydroxylation is 2. The molecule has 1 aromatic carbocycles. The lowest BCUT2D eigenvalue weighted by atomic mass is 10.1. The summed E-state index contributed by atoms with van der Waals surface area (Å²) >= 11 is 3.04. The van der Waals surface area contributed by atoms with Crippen molar-refractivity contribution in [2.45, 2.75) is 42.7 Å². The minimum atomic E-state index is -0.0139. The average Bonchev–Trinajstić information content (AvgIpc) is 3.32. The van der Waals surface area contributed by atoms with Gasteiger partial charge in [-0.05, 0) is 91.7 Å². The third kappa shape index (κ3) is 3.97. The summed E-state index contributed by atoms with van der Waals surface area (Å²) in [6.45, 7) is 3.94. The van der Waals surface area contributed by atoms with Crippen molar-refractivity contribution in [2.24, 2.45) is 0 Å². The van der Waals surface area contributed by atoms with Crippen LogP contribution in [0, 0.1) is 13.8 Å². The largest absolute Gasteiger partial charge is 0.321 e. The number of amides is 1. The van der Waals surface area contributed by atoms with E-state index >= 15 is 0 Å². The summed E-state index contributed by atoms with van der Waals surface area (Å²) in [7, 11) is 0. The Labute approximate surface area is 161 Å². The Hall–Kier alpha value is -2.18. The number of aromatic nitrogens is 2. The van der Waals surface area contributed by atoms with Crippen LogP contribution >= 0.6 is 23.1 Å².